The standard InChI is InChI=1S/C69H46N6/c1-45-16-15-23-53(40-45)69-72-61(47-19-7-3-8-20-47)44-63(73-69)49-30-36-55(37-31-49)75-65-27-14-12-25-57(65)59-42-52(33-39-67(59)75)51-32-38-66-58(41-51)56-24-11-13-26-64(56)74(66)54-34-28-48(29-35-54)62-43-60(46-17-5-2-6-18-46)70-68(71-62)50-21-9-4-10-22-50/h2-44H,1H3. The summed E-state index contributed by atoms with van der Waals surface area (Å²) in [5, 5.41) is 4.83. The highest BCUT2D eigenvalue weighted by Gasteiger charge is 2.18. The molecule has 0 fully saturated rings. The lowest BCUT2D eigenvalue weighted by Gasteiger charge is -2.12. The molecule has 0 atom stereocenters. The molecule has 0 unspecified atom stereocenters. The van der Waals surface area contributed by atoms with Crippen LogP contribution in [0.1, 0.15) is 5.56 Å². The fraction of sp³-hybridized carbons (Fsp3) is 0.0145. The molecular weight excluding hydrogens is 913 g/mol. The minimum atomic E-state index is 0.704. The molecule has 14 aromatic rings. The summed E-state index contributed by atoms with van der Waals surface area (Å²) < 4.78 is 4.75. The maximum Gasteiger partial charge on any atom is 0.160 e. The van der Waals surface area contributed by atoms with E-state index in [1.807, 2.05) is 42.5 Å². The van der Waals surface area contributed by atoms with Crippen LogP contribution in [0.4, 0.5) is 0 Å². The predicted octanol–water partition coefficient (Wildman–Crippen LogP) is 17.4. The van der Waals surface area contributed by atoms with E-state index in [2.05, 4.69) is 234 Å². The summed E-state index contributed by atoms with van der Waals surface area (Å²) in [4.78, 5) is 20.3. The first-order valence-corrected chi connectivity index (χ1v) is 25.4. The summed E-state index contributed by atoms with van der Waals surface area (Å²) in [7, 11) is 0. The topological polar surface area (TPSA) is 61.4 Å². The zero-order chi connectivity index (χ0) is 49.8. The Kier molecular flexibility index (Phi) is 10.6. The molecule has 0 saturated carbocycles. The lowest BCUT2D eigenvalue weighted by Crippen LogP contribution is -1.97. The molecular formula is C69H46N6. The second kappa shape index (κ2) is 18.2. The minimum Gasteiger partial charge on any atom is -0.309 e. The molecule has 4 aromatic heterocycles. The summed E-state index contributed by atoms with van der Waals surface area (Å²) in [5.41, 5.74) is 20.0. The van der Waals surface area contributed by atoms with Crippen molar-refractivity contribution >= 4 is 43.6 Å². The molecule has 6 nitrogen and oxygen atoms in total. The van der Waals surface area contributed by atoms with Gasteiger partial charge < -0.3 is 9.13 Å². The van der Waals surface area contributed by atoms with E-state index in [1.165, 1.54) is 38.2 Å². The molecule has 0 aliphatic heterocycles. The van der Waals surface area contributed by atoms with Gasteiger partial charge in [0.1, 0.15) is 0 Å². The molecule has 0 aliphatic carbocycles. The van der Waals surface area contributed by atoms with Gasteiger partial charge in [-0.25, -0.2) is 19.9 Å². The van der Waals surface area contributed by atoms with Crippen LogP contribution >= 0.6 is 0 Å². The van der Waals surface area contributed by atoms with E-state index < -0.39 is 0 Å². The molecule has 6 heteroatoms. The summed E-state index contributed by atoms with van der Waals surface area (Å²) in [6, 6.07) is 92.3. The molecule has 0 aliphatic rings. The number of fused-ring (bicyclic) bond motifs is 6. The number of hydrogen-bond acceptors (Lipinski definition) is 4. The zero-order valence-electron chi connectivity index (χ0n) is 41.0. The quantitative estimate of drug-likeness (QED) is 0.145. The van der Waals surface area contributed by atoms with Crippen LogP contribution in [0.25, 0.3) is 134 Å². The van der Waals surface area contributed by atoms with Crippen LogP contribution in [-0.2, 0) is 0 Å². The van der Waals surface area contributed by atoms with Gasteiger partial charge in [0.05, 0.1) is 44.8 Å². The van der Waals surface area contributed by atoms with Gasteiger partial charge in [0, 0.05) is 66.3 Å². The predicted molar refractivity (Wildman–Crippen MR) is 309 cm³/mol. The van der Waals surface area contributed by atoms with Crippen LogP contribution < -0.4 is 0 Å². The number of rotatable bonds is 9. The first-order chi connectivity index (χ1) is 37.1. The van der Waals surface area contributed by atoms with Crippen molar-refractivity contribution in [2.75, 3.05) is 0 Å². The highest BCUT2D eigenvalue weighted by Crippen LogP contribution is 2.40. The smallest absolute Gasteiger partial charge is 0.160 e. The van der Waals surface area contributed by atoms with E-state index in [1.54, 1.807) is 0 Å². The Morgan fingerprint density at radius 3 is 1.03 bits per heavy atom. The summed E-state index contributed by atoms with van der Waals surface area (Å²) in [6.07, 6.45) is 0. The molecule has 0 amide bonds. The van der Waals surface area contributed by atoms with Crippen LogP contribution in [0.15, 0.2) is 261 Å². The average Bonchev–Trinajstić information content (AvgIpc) is 4.01. The number of aromatic nitrogens is 6. The number of benzene rings is 10. The van der Waals surface area contributed by atoms with Crippen molar-refractivity contribution in [2.45, 2.75) is 6.92 Å². The monoisotopic (exact) mass is 958 g/mol. The van der Waals surface area contributed by atoms with Gasteiger partial charge in [-0.3, -0.25) is 0 Å². The van der Waals surface area contributed by atoms with Gasteiger partial charge in [0.15, 0.2) is 11.6 Å². The third-order valence-electron chi connectivity index (χ3n) is 14.4. The van der Waals surface area contributed by atoms with Crippen molar-refractivity contribution in [3.63, 3.8) is 0 Å². The lowest BCUT2D eigenvalue weighted by molar-refractivity contribution is 1.17. The largest absolute Gasteiger partial charge is 0.309 e. The number of hydrogen-bond donors (Lipinski definition) is 0. The van der Waals surface area contributed by atoms with Crippen molar-refractivity contribution in [3.8, 4) is 90.3 Å². The molecule has 0 N–H and O–H groups in total. The average molecular weight is 959 g/mol. The fourth-order valence-corrected chi connectivity index (χ4v) is 10.8. The number of aryl methyl sites for hydroxylation is 1. The highest BCUT2D eigenvalue weighted by atomic mass is 15.0. The Morgan fingerprint density at radius 1 is 0.240 bits per heavy atom. The maximum absolute atomic E-state index is 5.13. The van der Waals surface area contributed by atoms with Crippen LogP contribution in [0.5, 0.6) is 0 Å². The fourth-order valence-electron chi connectivity index (χ4n) is 10.8. The normalized spacial score (nSPS) is 11.5. The Hall–Kier alpha value is -10.0. The van der Waals surface area contributed by atoms with Gasteiger partial charge in [-0.2, -0.15) is 0 Å². The molecule has 0 saturated heterocycles. The second-order valence-corrected chi connectivity index (χ2v) is 19.2. The summed E-state index contributed by atoms with van der Waals surface area (Å²) in [6.45, 7) is 2.10. The van der Waals surface area contributed by atoms with E-state index in [9.17, 15) is 0 Å². The highest BCUT2D eigenvalue weighted by molar-refractivity contribution is 6.12. The number of nitrogens with zero attached hydrogens (tertiary/aromatic N) is 6. The molecule has 0 spiro atoms. The van der Waals surface area contributed by atoms with E-state index in [0.29, 0.717) is 11.6 Å². The van der Waals surface area contributed by atoms with Gasteiger partial charge >= 0.3 is 0 Å². The third kappa shape index (κ3) is 7.93. The van der Waals surface area contributed by atoms with Crippen LogP contribution in [0.2, 0.25) is 0 Å². The molecule has 352 valence electrons. The van der Waals surface area contributed by atoms with E-state index in [-0.39, 0.29) is 0 Å². The SMILES string of the molecule is Cc1cccc(-c2nc(-c3ccccc3)cc(-c3ccc(-n4c5ccccc5c5cc(-c6ccc7c(c6)c6ccccc6n7-c6ccc(-c7cc(-c8ccccc8)nc(-c8ccccc8)n7)cc6)ccc54)cc3)n2)c1. The molecule has 10 aromatic carbocycles. The van der Waals surface area contributed by atoms with Gasteiger partial charge in [0.25, 0.3) is 0 Å². The van der Waals surface area contributed by atoms with Crippen LogP contribution in [0, 0.1) is 6.92 Å². The summed E-state index contributed by atoms with van der Waals surface area (Å²) >= 11 is 0. The van der Waals surface area contributed by atoms with Gasteiger partial charge in [-0.05, 0) is 96.9 Å². The van der Waals surface area contributed by atoms with Crippen molar-refractivity contribution < 1.29 is 0 Å². The Bertz CT molecular complexity index is 4390. The van der Waals surface area contributed by atoms with Gasteiger partial charge in [0.2, 0.25) is 0 Å². The number of para-hydroxylation sites is 2. The lowest BCUT2D eigenvalue weighted by atomic mass is 10.0. The van der Waals surface area contributed by atoms with Gasteiger partial charge in [-0.15, -0.1) is 0 Å². The van der Waals surface area contributed by atoms with Crippen molar-refractivity contribution in [3.05, 3.63) is 266 Å². The maximum atomic E-state index is 5.13. The minimum absolute atomic E-state index is 0.704. The van der Waals surface area contributed by atoms with E-state index >= 15 is 0 Å². The van der Waals surface area contributed by atoms with Crippen molar-refractivity contribution in [1.29, 1.82) is 0 Å². The molecule has 0 bridgehead atoms. The molecule has 14 rings (SSSR count). The Labute approximate surface area is 434 Å². The van der Waals surface area contributed by atoms with E-state index in [0.717, 1.165) is 89.6 Å². The van der Waals surface area contributed by atoms with Crippen molar-refractivity contribution in [1.82, 2.24) is 29.1 Å². The zero-order valence-corrected chi connectivity index (χ0v) is 41.0. The Morgan fingerprint density at radius 2 is 0.587 bits per heavy atom. The molecule has 0 radical (unpaired) electrons. The first kappa shape index (κ1) is 43.7. The third-order valence-corrected chi connectivity index (χ3v) is 14.4. The summed E-state index contributed by atoms with van der Waals surface area (Å²) in [5.74, 6) is 1.42. The van der Waals surface area contributed by atoms with Gasteiger partial charge in [-0.1, -0.05) is 188 Å². The molecule has 4 heterocycles. The van der Waals surface area contributed by atoms with Crippen LogP contribution in [0.3, 0.4) is 0 Å². The second-order valence-electron chi connectivity index (χ2n) is 19.2. The van der Waals surface area contributed by atoms with E-state index in [4.69, 9.17) is 19.9 Å². The Balaban J connectivity index is 0.814. The van der Waals surface area contributed by atoms with Crippen LogP contribution in [-0.4, -0.2) is 29.1 Å². The van der Waals surface area contributed by atoms with Crippen molar-refractivity contribution in [2.24, 2.45) is 0 Å². The first-order valence-electron chi connectivity index (χ1n) is 25.4. The molecule has 75 heavy (non-hydrogen) atoms.